The third-order valence-electron chi connectivity index (χ3n) is 2.72. The first-order valence-corrected chi connectivity index (χ1v) is 5.64. The number of nitro benzene ring substituents is 1. The summed E-state index contributed by atoms with van der Waals surface area (Å²) in [5.74, 6) is -1.28. The third kappa shape index (κ3) is 2.89. The second kappa shape index (κ2) is 5.35. The molecule has 0 bridgehead atoms. The number of benzene rings is 1. The molecular weight excluding hydrogens is 264 g/mol. The normalized spacial score (nSPS) is 10.2. The molecule has 0 aliphatic heterocycles. The number of nitrogens with zero attached hydrogens (tertiary/aromatic N) is 2. The van der Waals surface area contributed by atoms with Crippen LogP contribution in [0.15, 0.2) is 47.5 Å². The molecule has 0 radical (unpaired) electrons. The Kier molecular flexibility index (Phi) is 3.60. The Morgan fingerprint density at radius 1 is 1.25 bits per heavy atom. The van der Waals surface area contributed by atoms with E-state index in [0.717, 1.165) is 5.56 Å². The van der Waals surface area contributed by atoms with E-state index in [2.05, 4.69) is 0 Å². The van der Waals surface area contributed by atoms with Crippen LogP contribution < -0.4 is 5.43 Å². The van der Waals surface area contributed by atoms with E-state index in [1.807, 2.05) is 0 Å². The summed E-state index contributed by atoms with van der Waals surface area (Å²) in [6, 6.07) is 7.08. The van der Waals surface area contributed by atoms with E-state index in [0.29, 0.717) is 6.54 Å². The summed E-state index contributed by atoms with van der Waals surface area (Å²) in [6.45, 7) is 0.318. The van der Waals surface area contributed by atoms with Crippen LogP contribution in [0.4, 0.5) is 5.69 Å². The fourth-order valence-electron chi connectivity index (χ4n) is 1.72. The molecule has 0 unspecified atom stereocenters. The van der Waals surface area contributed by atoms with E-state index in [4.69, 9.17) is 5.11 Å². The molecule has 0 fully saturated rings. The topological polar surface area (TPSA) is 102 Å². The average Bonchev–Trinajstić information content (AvgIpc) is 2.41. The molecule has 7 heteroatoms. The minimum atomic E-state index is -1.28. The van der Waals surface area contributed by atoms with Crippen molar-refractivity contribution >= 4 is 11.7 Å². The van der Waals surface area contributed by atoms with Gasteiger partial charge in [-0.3, -0.25) is 14.9 Å². The Balaban J connectivity index is 2.26. The number of rotatable bonds is 4. The lowest BCUT2D eigenvalue weighted by atomic mass is 10.2. The van der Waals surface area contributed by atoms with Crippen molar-refractivity contribution in [2.75, 3.05) is 0 Å². The minimum Gasteiger partial charge on any atom is -0.477 e. The number of carboxylic acid groups (broad SMARTS) is 1. The van der Waals surface area contributed by atoms with Crippen molar-refractivity contribution in [3.8, 4) is 0 Å². The molecule has 1 heterocycles. The van der Waals surface area contributed by atoms with Gasteiger partial charge in [0.15, 0.2) is 5.43 Å². The molecule has 0 atom stereocenters. The Labute approximate surface area is 112 Å². The second-order valence-corrected chi connectivity index (χ2v) is 4.12. The van der Waals surface area contributed by atoms with E-state index in [-0.39, 0.29) is 11.3 Å². The second-order valence-electron chi connectivity index (χ2n) is 4.12. The first-order valence-electron chi connectivity index (χ1n) is 5.64. The highest BCUT2D eigenvalue weighted by Gasteiger charge is 2.09. The number of hydrogen-bond donors (Lipinski definition) is 1. The molecule has 20 heavy (non-hydrogen) atoms. The van der Waals surface area contributed by atoms with E-state index in [1.54, 1.807) is 12.1 Å². The molecular formula is C13H10N2O5. The SMILES string of the molecule is O=C(O)c1cn(Cc2ccc([N+](=O)[O-])cc2)ccc1=O. The van der Waals surface area contributed by atoms with Crippen LogP contribution in [0.3, 0.4) is 0 Å². The predicted molar refractivity (Wildman–Crippen MR) is 69.9 cm³/mol. The van der Waals surface area contributed by atoms with Gasteiger partial charge in [-0.05, 0) is 5.56 Å². The maximum Gasteiger partial charge on any atom is 0.341 e. The highest BCUT2D eigenvalue weighted by atomic mass is 16.6. The minimum absolute atomic E-state index is 0.0140. The van der Waals surface area contributed by atoms with Crippen molar-refractivity contribution < 1.29 is 14.8 Å². The van der Waals surface area contributed by atoms with Crippen LogP contribution in [0.5, 0.6) is 0 Å². The van der Waals surface area contributed by atoms with Crippen molar-refractivity contribution in [3.63, 3.8) is 0 Å². The number of aromatic carboxylic acids is 1. The smallest absolute Gasteiger partial charge is 0.341 e. The third-order valence-corrected chi connectivity index (χ3v) is 2.72. The fraction of sp³-hybridized carbons (Fsp3) is 0.0769. The van der Waals surface area contributed by atoms with Crippen LogP contribution >= 0.6 is 0 Å². The van der Waals surface area contributed by atoms with E-state index < -0.39 is 16.3 Å². The summed E-state index contributed by atoms with van der Waals surface area (Å²) in [7, 11) is 0. The number of pyridine rings is 1. The maximum atomic E-state index is 11.3. The van der Waals surface area contributed by atoms with Crippen molar-refractivity contribution in [2.24, 2.45) is 0 Å². The molecule has 0 saturated heterocycles. The van der Waals surface area contributed by atoms with Crippen molar-refractivity contribution in [3.05, 3.63) is 74.2 Å². The summed E-state index contributed by atoms with van der Waals surface area (Å²) in [6.07, 6.45) is 2.71. The Hall–Kier alpha value is -2.96. The van der Waals surface area contributed by atoms with Gasteiger partial charge in [0.2, 0.25) is 0 Å². The van der Waals surface area contributed by atoms with Crippen LogP contribution in [0.1, 0.15) is 15.9 Å². The van der Waals surface area contributed by atoms with Crippen molar-refractivity contribution in [2.45, 2.75) is 6.54 Å². The summed E-state index contributed by atoms with van der Waals surface area (Å²) in [5.41, 5.74) is -0.123. The zero-order chi connectivity index (χ0) is 14.7. The van der Waals surface area contributed by atoms with Crippen LogP contribution in [-0.2, 0) is 6.54 Å². The largest absolute Gasteiger partial charge is 0.477 e. The standard InChI is InChI=1S/C13H10N2O5/c16-12-5-6-14(8-11(12)13(17)18)7-9-1-3-10(4-2-9)15(19)20/h1-6,8H,7H2,(H,17,18). The van der Waals surface area contributed by atoms with Crippen LogP contribution in [0.2, 0.25) is 0 Å². The van der Waals surface area contributed by atoms with Gasteiger partial charge in [-0.1, -0.05) is 12.1 Å². The van der Waals surface area contributed by atoms with Gasteiger partial charge in [-0.25, -0.2) is 4.79 Å². The first-order chi connectivity index (χ1) is 9.47. The van der Waals surface area contributed by atoms with Gasteiger partial charge < -0.3 is 9.67 Å². The maximum absolute atomic E-state index is 11.3. The summed E-state index contributed by atoms with van der Waals surface area (Å²) in [5, 5.41) is 19.4. The van der Waals surface area contributed by atoms with Crippen LogP contribution in [-0.4, -0.2) is 20.6 Å². The first kappa shape index (κ1) is 13.5. The molecule has 0 saturated carbocycles. The van der Waals surface area contributed by atoms with Gasteiger partial charge in [-0.2, -0.15) is 0 Å². The molecule has 102 valence electrons. The van der Waals surface area contributed by atoms with E-state index in [9.17, 15) is 19.7 Å². The van der Waals surface area contributed by atoms with Gasteiger partial charge in [0, 0.05) is 37.1 Å². The lowest BCUT2D eigenvalue weighted by Gasteiger charge is -2.07. The van der Waals surface area contributed by atoms with Crippen molar-refractivity contribution in [1.29, 1.82) is 0 Å². The Bertz CT molecular complexity index is 718. The number of aromatic nitrogens is 1. The predicted octanol–water partition coefficient (Wildman–Crippen LogP) is 1.50. The summed E-state index contributed by atoms with van der Waals surface area (Å²) >= 11 is 0. The molecule has 1 N–H and O–H groups in total. The van der Waals surface area contributed by atoms with Gasteiger partial charge >= 0.3 is 5.97 Å². The monoisotopic (exact) mass is 274 g/mol. The molecule has 0 aliphatic rings. The van der Waals surface area contributed by atoms with Gasteiger partial charge in [-0.15, -0.1) is 0 Å². The lowest BCUT2D eigenvalue weighted by Crippen LogP contribution is -2.16. The van der Waals surface area contributed by atoms with Crippen LogP contribution in [0.25, 0.3) is 0 Å². The summed E-state index contributed by atoms with van der Waals surface area (Å²) < 4.78 is 1.53. The highest BCUT2D eigenvalue weighted by Crippen LogP contribution is 2.12. The molecule has 0 amide bonds. The quantitative estimate of drug-likeness (QED) is 0.672. The lowest BCUT2D eigenvalue weighted by molar-refractivity contribution is -0.384. The van der Waals surface area contributed by atoms with Gasteiger partial charge in [0.05, 0.1) is 4.92 Å². The van der Waals surface area contributed by atoms with Gasteiger partial charge in [0.25, 0.3) is 5.69 Å². The van der Waals surface area contributed by atoms with E-state index >= 15 is 0 Å². The summed E-state index contributed by atoms with van der Waals surface area (Å²) in [4.78, 5) is 32.2. The Morgan fingerprint density at radius 2 is 1.90 bits per heavy atom. The zero-order valence-electron chi connectivity index (χ0n) is 10.2. The number of nitro groups is 1. The van der Waals surface area contributed by atoms with Crippen LogP contribution in [0, 0.1) is 10.1 Å². The molecule has 2 aromatic rings. The van der Waals surface area contributed by atoms with E-state index in [1.165, 1.54) is 35.2 Å². The van der Waals surface area contributed by atoms with Gasteiger partial charge in [0.1, 0.15) is 5.56 Å². The molecule has 0 spiro atoms. The number of non-ortho nitro benzene ring substituents is 1. The zero-order valence-corrected chi connectivity index (χ0v) is 10.2. The van der Waals surface area contributed by atoms with Crippen molar-refractivity contribution in [1.82, 2.24) is 4.57 Å². The Morgan fingerprint density at radius 3 is 2.45 bits per heavy atom. The molecule has 2 rings (SSSR count). The number of carbonyl (C=O) groups is 1. The number of carboxylic acids is 1. The highest BCUT2D eigenvalue weighted by molar-refractivity contribution is 5.86. The number of hydrogen-bond acceptors (Lipinski definition) is 4. The average molecular weight is 274 g/mol. The fourth-order valence-corrected chi connectivity index (χ4v) is 1.72. The molecule has 7 nitrogen and oxygen atoms in total. The molecule has 0 aliphatic carbocycles. The molecule has 1 aromatic heterocycles. The molecule has 1 aromatic carbocycles.